The fourth-order valence-corrected chi connectivity index (χ4v) is 2.51. The Morgan fingerprint density at radius 2 is 2.19 bits per heavy atom. The van der Waals surface area contributed by atoms with Crippen LogP contribution < -0.4 is 4.74 Å². The third-order valence-electron chi connectivity index (χ3n) is 3.62. The van der Waals surface area contributed by atoms with Gasteiger partial charge in [-0.15, -0.1) is 0 Å². The standard InChI is InChI=1S/C17H14N2O2/c18-10-16-13(4-2-8-19-16)11-21-14-7-6-12-3-1-5-17(20)15(12)9-14/h2,4,6-9H,1,3,5,11H2. The summed E-state index contributed by atoms with van der Waals surface area (Å²) in [5.41, 5.74) is 2.97. The second kappa shape index (κ2) is 5.76. The van der Waals surface area contributed by atoms with Crippen LogP contribution in [0.2, 0.25) is 0 Å². The molecule has 0 N–H and O–H groups in total. The highest BCUT2D eigenvalue weighted by Crippen LogP contribution is 2.26. The number of rotatable bonds is 3. The molecule has 0 aliphatic heterocycles. The minimum atomic E-state index is 0.181. The van der Waals surface area contributed by atoms with E-state index < -0.39 is 0 Å². The number of Topliss-reactive ketones (excluding diaryl/α,β-unsaturated/α-hetero) is 1. The quantitative estimate of drug-likeness (QED) is 0.865. The smallest absolute Gasteiger partial charge is 0.163 e. The number of ether oxygens (including phenoxy) is 1. The molecule has 1 heterocycles. The third-order valence-corrected chi connectivity index (χ3v) is 3.62. The number of pyridine rings is 1. The van der Waals surface area contributed by atoms with Crippen LogP contribution in [0, 0.1) is 11.3 Å². The highest BCUT2D eigenvalue weighted by atomic mass is 16.5. The van der Waals surface area contributed by atoms with Crippen LogP contribution in [0.5, 0.6) is 5.75 Å². The first-order valence-electron chi connectivity index (χ1n) is 6.91. The first kappa shape index (κ1) is 13.3. The highest BCUT2D eigenvalue weighted by Gasteiger charge is 2.17. The predicted octanol–water partition coefficient (Wildman–Crippen LogP) is 3.05. The lowest BCUT2D eigenvalue weighted by Gasteiger charge is -2.16. The molecule has 0 amide bonds. The van der Waals surface area contributed by atoms with Crippen molar-refractivity contribution in [1.29, 1.82) is 5.26 Å². The maximum Gasteiger partial charge on any atom is 0.163 e. The molecule has 4 nitrogen and oxygen atoms in total. The van der Waals surface area contributed by atoms with Gasteiger partial charge < -0.3 is 4.74 Å². The van der Waals surface area contributed by atoms with Crippen molar-refractivity contribution in [3.05, 3.63) is 58.9 Å². The van der Waals surface area contributed by atoms with Crippen molar-refractivity contribution in [2.75, 3.05) is 0 Å². The van der Waals surface area contributed by atoms with E-state index in [1.54, 1.807) is 18.3 Å². The minimum absolute atomic E-state index is 0.181. The lowest BCUT2D eigenvalue weighted by Crippen LogP contribution is -2.11. The number of nitrogens with zero attached hydrogens (tertiary/aromatic N) is 2. The van der Waals surface area contributed by atoms with Crippen LogP contribution >= 0.6 is 0 Å². The first-order chi connectivity index (χ1) is 10.3. The number of hydrogen-bond donors (Lipinski definition) is 0. The van der Waals surface area contributed by atoms with Gasteiger partial charge in [-0.25, -0.2) is 4.98 Å². The van der Waals surface area contributed by atoms with E-state index in [4.69, 9.17) is 10.00 Å². The molecular weight excluding hydrogens is 264 g/mol. The number of fused-ring (bicyclic) bond motifs is 1. The van der Waals surface area contributed by atoms with Crippen molar-refractivity contribution < 1.29 is 9.53 Å². The Bertz CT molecular complexity index is 732. The van der Waals surface area contributed by atoms with E-state index in [-0.39, 0.29) is 12.4 Å². The molecule has 1 aliphatic carbocycles. The number of aryl methyl sites for hydroxylation is 1. The minimum Gasteiger partial charge on any atom is -0.489 e. The van der Waals surface area contributed by atoms with Gasteiger partial charge in [-0.3, -0.25) is 4.79 Å². The fourth-order valence-electron chi connectivity index (χ4n) is 2.51. The molecule has 0 fully saturated rings. The highest BCUT2D eigenvalue weighted by molar-refractivity contribution is 5.98. The summed E-state index contributed by atoms with van der Waals surface area (Å²) in [5, 5.41) is 9.00. The van der Waals surface area contributed by atoms with Gasteiger partial charge in [-0.1, -0.05) is 12.1 Å². The monoisotopic (exact) mass is 278 g/mol. The number of ketones is 1. The van der Waals surface area contributed by atoms with Gasteiger partial charge in [-0.05, 0) is 36.6 Å². The van der Waals surface area contributed by atoms with Crippen molar-refractivity contribution >= 4 is 5.78 Å². The Hall–Kier alpha value is -2.67. The number of nitriles is 1. The average molecular weight is 278 g/mol. The molecule has 3 rings (SSSR count). The molecule has 0 bridgehead atoms. The SMILES string of the molecule is N#Cc1ncccc1COc1ccc2c(c1)C(=O)CCC2. The Kier molecular flexibility index (Phi) is 3.65. The first-order valence-corrected chi connectivity index (χ1v) is 6.91. The Balaban J connectivity index is 1.79. The maximum atomic E-state index is 11.9. The van der Waals surface area contributed by atoms with Crippen LogP contribution in [-0.2, 0) is 13.0 Å². The van der Waals surface area contributed by atoms with Crippen molar-refractivity contribution in [3.8, 4) is 11.8 Å². The van der Waals surface area contributed by atoms with E-state index in [9.17, 15) is 4.79 Å². The van der Waals surface area contributed by atoms with Crippen LogP contribution in [0.1, 0.15) is 40.0 Å². The normalized spacial score (nSPS) is 13.4. The zero-order chi connectivity index (χ0) is 14.7. The molecule has 0 saturated heterocycles. The van der Waals surface area contributed by atoms with Crippen LogP contribution in [0.15, 0.2) is 36.5 Å². The van der Waals surface area contributed by atoms with Crippen LogP contribution in [0.4, 0.5) is 0 Å². The molecule has 4 heteroatoms. The van der Waals surface area contributed by atoms with Crippen LogP contribution in [0.3, 0.4) is 0 Å². The number of aromatic nitrogens is 1. The summed E-state index contributed by atoms with van der Waals surface area (Å²) >= 11 is 0. The Morgan fingerprint density at radius 1 is 1.29 bits per heavy atom. The summed E-state index contributed by atoms with van der Waals surface area (Å²) in [4.78, 5) is 15.9. The molecule has 104 valence electrons. The fraction of sp³-hybridized carbons (Fsp3) is 0.235. The lowest BCUT2D eigenvalue weighted by atomic mass is 9.90. The molecule has 1 aliphatic rings. The second-order valence-electron chi connectivity index (χ2n) is 5.01. The van der Waals surface area contributed by atoms with Crippen molar-refractivity contribution in [2.24, 2.45) is 0 Å². The van der Waals surface area contributed by atoms with Gasteiger partial charge in [0.1, 0.15) is 24.1 Å². The summed E-state index contributed by atoms with van der Waals surface area (Å²) in [6, 6.07) is 11.3. The molecule has 21 heavy (non-hydrogen) atoms. The lowest BCUT2D eigenvalue weighted by molar-refractivity contribution is 0.0972. The molecule has 2 aromatic rings. The largest absolute Gasteiger partial charge is 0.489 e. The van der Waals surface area contributed by atoms with E-state index in [0.29, 0.717) is 17.9 Å². The summed E-state index contributed by atoms with van der Waals surface area (Å²) in [6.07, 6.45) is 4.06. The van der Waals surface area contributed by atoms with E-state index in [1.165, 1.54) is 0 Å². The zero-order valence-corrected chi connectivity index (χ0v) is 11.5. The van der Waals surface area contributed by atoms with E-state index in [0.717, 1.165) is 29.5 Å². The predicted molar refractivity (Wildman–Crippen MR) is 77.0 cm³/mol. The molecule has 0 spiro atoms. The van der Waals surface area contributed by atoms with Gasteiger partial charge in [0.2, 0.25) is 0 Å². The third kappa shape index (κ3) is 2.77. The van der Waals surface area contributed by atoms with Gasteiger partial charge in [-0.2, -0.15) is 5.26 Å². The van der Waals surface area contributed by atoms with Gasteiger partial charge in [0.05, 0.1) is 0 Å². The number of carbonyl (C=O) groups is 1. The second-order valence-corrected chi connectivity index (χ2v) is 5.01. The van der Waals surface area contributed by atoms with Gasteiger partial charge in [0, 0.05) is 23.7 Å². The molecule has 1 aromatic carbocycles. The number of benzene rings is 1. The molecule has 0 unspecified atom stereocenters. The van der Waals surface area contributed by atoms with Crippen molar-refractivity contribution in [3.63, 3.8) is 0 Å². The molecule has 1 aromatic heterocycles. The molecule has 0 atom stereocenters. The average Bonchev–Trinajstić information content (AvgIpc) is 2.54. The van der Waals surface area contributed by atoms with Gasteiger partial charge >= 0.3 is 0 Å². The maximum absolute atomic E-state index is 11.9. The molecular formula is C17H14N2O2. The van der Waals surface area contributed by atoms with Gasteiger partial charge in [0.15, 0.2) is 5.78 Å². The Labute approximate surface area is 123 Å². The van der Waals surface area contributed by atoms with E-state index >= 15 is 0 Å². The van der Waals surface area contributed by atoms with Crippen molar-refractivity contribution in [1.82, 2.24) is 4.98 Å². The van der Waals surface area contributed by atoms with E-state index in [1.807, 2.05) is 24.3 Å². The topological polar surface area (TPSA) is 63.0 Å². The molecule has 0 saturated carbocycles. The summed E-state index contributed by atoms with van der Waals surface area (Å²) in [5.74, 6) is 0.831. The number of carbonyl (C=O) groups excluding carboxylic acids is 1. The van der Waals surface area contributed by atoms with Crippen molar-refractivity contribution in [2.45, 2.75) is 25.9 Å². The summed E-state index contributed by atoms with van der Waals surface area (Å²) in [6.45, 7) is 0.268. The number of hydrogen-bond acceptors (Lipinski definition) is 4. The van der Waals surface area contributed by atoms with Crippen LogP contribution in [-0.4, -0.2) is 10.8 Å². The Morgan fingerprint density at radius 3 is 3.05 bits per heavy atom. The zero-order valence-electron chi connectivity index (χ0n) is 11.5. The molecule has 0 radical (unpaired) electrons. The summed E-state index contributed by atoms with van der Waals surface area (Å²) < 4.78 is 5.71. The van der Waals surface area contributed by atoms with Crippen LogP contribution in [0.25, 0.3) is 0 Å². The van der Waals surface area contributed by atoms with Gasteiger partial charge in [0.25, 0.3) is 0 Å². The van der Waals surface area contributed by atoms with E-state index in [2.05, 4.69) is 4.98 Å². The summed E-state index contributed by atoms with van der Waals surface area (Å²) in [7, 11) is 0.